The summed E-state index contributed by atoms with van der Waals surface area (Å²) in [7, 11) is 1.49. The fraction of sp³-hybridized carbons (Fsp3) is 0.154. The number of aryl methyl sites for hydroxylation is 1. The van der Waals surface area contributed by atoms with Gasteiger partial charge >= 0.3 is 0 Å². The number of nitrogens with one attached hydrogen (secondary N) is 1. The number of anilines is 1. The number of phenolic OH excluding ortho intramolecular Hbond substituents is 1. The number of rotatable bonds is 3. The number of methoxy groups -OCH3 is 1. The molecule has 0 aliphatic heterocycles. The van der Waals surface area contributed by atoms with Crippen molar-refractivity contribution in [1.82, 2.24) is 9.97 Å². The quantitative estimate of drug-likeness (QED) is 0.898. The Balaban J connectivity index is 2.23. The number of aromatic hydroxyl groups is 1. The second-order valence-electron chi connectivity index (χ2n) is 4.00. The number of phenols is 1. The lowest BCUT2D eigenvalue weighted by atomic mass is 10.2. The Hall–Kier alpha value is -2.15. The Morgan fingerprint density at radius 1 is 1.35 bits per heavy atom. The predicted molar refractivity (Wildman–Crippen MR) is 77.1 cm³/mol. The van der Waals surface area contributed by atoms with Crippen LogP contribution in [-0.2, 0) is 0 Å². The number of hydrogen-bond donors (Lipinski definition) is 2. The van der Waals surface area contributed by atoms with E-state index < -0.39 is 5.91 Å². The molecule has 0 spiro atoms. The van der Waals surface area contributed by atoms with Gasteiger partial charge in [-0.2, -0.15) is 4.98 Å². The number of halogens is 1. The van der Waals surface area contributed by atoms with Crippen LogP contribution < -0.4 is 10.1 Å². The third kappa shape index (κ3) is 3.24. The van der Waals surface area contributed by atoms with Gasteiger partial charge in [-0.1, -0.05) is 0 Å². The molecule has 1 aromatic carbocycles. The molecular formula is C13H12BrN3O3. The van der Waals surface area contributed by atoms with E-state index in [4.69, 9.17) is 4.74 Å². The van der Waals surface area contributed by atoms with Gasteiger partial charge in [0.25, 0.3) is 5.91 Å². The predicted octanol–water partition coefficient (Wildman–Crippen LogP) is 2.51. The second-order valence-corrected chi connectivity index (χ2v) is 4.85. The highest BCUT2D eigenvalue weighted by Gasteiger charge is 2.11. The minimum Gasteiger partial charge on any atom is -0.507 e. The zero-order valence-corrected chi connectivity index (χ0v) is 12.4. The van der Waals surface area contributed by atoms with E-state index in [9.17, 15) is 9.90 Å². The van der Waals surface area contributed by atoms with Crippen LogP contribution >= 0.6 is 15.9 Å². The van der Waals surface area contributed by atoms with Crippen molar-refractivity contribution in [3.63, 3.8) is 0 Å². The van der Waals surface area contributed by atoms with E-state index in [1.54, 1.807) is 25.1 Å². The van der Waals surface area contributed by atoms with Gasteiger partial charge in [-0.05, 0) is 41.1 Å². The highest BCUT2D eigenvalue weighted by molar-refractivity contribution is 9.10. The van der Waals surface area contributed by atoms with Gasteiger partial charge in [0.2, 0.25) is 11.8 Å². The van der Waals surface area contributed by atoms with Crippen molar-refractivity contribution < 1.29 is 14.6 Å². The summed E-state index contributed by atoms with van der Waals surface area (Å²) in [5.74, 6) is 0.0848. The molecule has 0 aliphatic carbocycles. The Morgan fingerprint density at radius 3 is 2.75 bits per heavy atom. The number of ether oxygens (including phenoxy) is 1. The highest BCUT2D eigenvalue weighted by Crippen LogP contribution is 2.24. The Bertz CT molecular complexity index is 661. The van der Waals surface area contributed by atoms with E-state index in [1.807, 2.05) is 0 Å². The van der Waals surface area contributed by atoms with Gasteiger partial charge in [-0.15, -0.1) is 0 Å². The summed E-state index contributed by atoms with van der Waals surface area (Å²) in [4.78, 5) is 20.1. The Labute approximate surface area is 124 Å². The van der Waals surface area contributed by atoms with Crippen molar-refractivity contribution in [2.45, 2.75) is 6.92 Å². The largest absolute Gasteiger partial charge is 0.507 e. The zero-order valence-electron chi connectivity index (χ0n) is 10.8. The van der Waals surface area contributed by atoms with E-state index in [-0.39, 0.29) is 11.7 Å². The van der Waals surface area contributed by atoms with E-state index in [0.717, 1.165) is 0 Å². The SMILES string of the molecule is COc1cc(C)nc(NC(=O)c2ccc(Br)c(O)c2)n1. The monoisotopic (exact) mass is 337 g/mol. The molecule has 7 heteroatoms. The summed E-state index contributed by atoms with van der Waals surface area (Å²) >= 11 is 3.15. The number of benzene rings is 1. The Kier molecular flexibility index (Phi) is 4.19. The normalized spacial score (nSPS) is 10.2. The van der Waals surface area contributed by atoms with Crippen molar-refractivity contribution in [2.75, 3.05) is 12.4 Å². The summed E-state index contributed by atoms with van der Waals surface area (Å²) in [6.07, 6.45) is 0. The summed E-state index contributed by atoms with van der Waals surface area (Å²) in [6, 6.07) is 6.17. The van der Waals surface area contributed by atoms with Crippen LogP contribution in [0.15, 0.2) is 28.7 Å². The van der Waals surface area contributed by atoms with Gasteiger partial charge in [0.15, 0.2) is 0 Å². The smallest absolute Gasteiger partial charge is 0.258 e. The first kappa shape index (κ1) is 14.3. The summed E-state index contributed by atoms with van der Waals surface area (Å²) in [6.45, 7) is 1.77. The Morgan fingerprint density at radius 2 is 2.10 bits per heavy atom. The summed E-state index contributed by atoms with van der Waals surface area (Å²) in [5.41, 5.74) is 0.973. The van der Waals surface area contributed by atoms with Gasteiger partial charge in [-0.25, -0.2) is 4.98 Å². The lowest BCUT2D eigenvalue weighted by Gasteiger charge is -2.07. The number of aromatic nitrogens is 2. The van der Waals surface area contributed by atoms with Crippen LogP contribution in [-0.4, -0.2) is 28.1 Å². The van der Waals surface area contributed by atoms with Crippen molar-refractivity contribution in [2.24, 2.45) is 0 Å². The molecule has 0 fully saturated rings. The number of hydrogen-bond acceptors (Lipinski definition) is 5. The van der Waals surface area contributed by atoms with E-state index >= 15 is 0 Å². The first-order chi connectivity index (χ1) is 9.49. The fourth-order valence-corrected chi connectivity index (χ4v) is 1.77. The summed E-state index contributed by atoms with van der Waals surface area (Å²) < 4.78 is 5.53. The van der Waals surface area contributed by atoms with Crippen LogP contribution in [0.4, 0.5) is 5.95 Å². The second kappa shape index (κ2) is 5.87. The van der Waals surface area contributed by atoms with Gasteiger partial charge in [0.05, 0.1) is 11.6 Å². The van der Waals surface area contributed by atoms with Crippen LogP contribution in [0.2, 0.25) is 0 Å². The van der Waals surface area contributed by atoms with Crippen LogP contribution in [0, 0.1) is 6.92 Å². The molecule has 0 unspecified atom stereocenters. The molecule has 20 heavy (non-hydrogen) atoms. The van der Waals surface area contributed by atoms with Gasteiger partial charge in [-0.3, -0.25) is 10.1 Å². The molecule has 6 nitrogen and oxygen atoms in total. The summed E-state index contributed by atoms with van der Waals surface area (Å²) in [5, 5.41) is 12.1. The molecular weight excluding hydrogens is 326 g/mol. The van der Waals surface area contributed by atoms with Crippen molar-refractivity contribution in [3.05, 3.63) is 40.0 Å². The first-order valence-corrected chi connectivity index (χ1v) is 6.48. The third-order valence-electron chi connectivity index (χ3n) is 2.47. The number of carbonyl (C=O) groups excluding carboxylic acids is 1. The molecule has 104 valence electrons. The van der Waals surface area contributed by atoms with Crippen molar-refractivity contribution in [1.29, 1.82) is 0 Å². The van der Waals surface area contributed by atoms with Crippen LogP contribution in [0.1, 0.15) is 16.1 Å². The molecule has 0 saturated carbocycles. The average Bonchev–Trinajstić information content (AvgIpc) is 2.41. The maximum absolute atomic E-state index is 12.0. The standard InChI is InChI=1S/C13H12BrN3O3/c1-7-5-11(20-2)16-13(15-7)17-12(19)8-3-4-9(14)10(18)6-8/h3-6,18H,1-2H3,(H,15,16,17,19). The van der Waals surface area contributed by atoms with Crippen LogP contribution in [0.3, 0.4) is 0 Å². The molecule has 2 N–H and O–H groups in total. The minimum absolute atomic E-state index is 0.0135. The molecule has 0 bridgehead atoms. The molecule has 1 amide bonds. The maximum atomic E-state index is 12.0. The lowest BCUT2D eigenvalue weighted by molar-refractivity contribution is 0.102. The number of nitrogens with zero attached hydrogens (tertiary/aromatic N) is 2. The topological polar surface area (TPSA) is 84.3 Å². The minimum atomic E-state index is -0.416. The molecule has 1 aromatic heterocycles. The van der Waals surface area contributed by atoms with E-state index in [1.165, 1.54) is 13.2 Å². The average molecular weight is 338 g/mol. The first-order valence-electron chi connectivity index (χ1n) is 5.69. The lowest BCUT2D eigenvalue weighted by Crippen LogP contribution is -2.14. The van der Waals surface area contributed by atoms with E-state index in [2.05, 4.69) is 31.2 Å². The highest BCUT2D eigenvalue weighted by atomic mass is 79.9. The number of amides is 1. The fourth-order valence-electron chi connectivity index (χ4n) is 1.53. The molecule has 0 aliphatic rings. The third-order valence-corrected chi connectivity index (χ3v) is 3.14. The van der Waals surface area contributed by atoms with Gasteiger partial charge < -0.3 is 9.84 Å². The zero-order chi connectivity index (χ0) is 14.7. The molecule has 2 aromatic rings. The molecule has 2 rings (SSSR count). The maximum Gasteiger partial charge on any atom is 0.258 e. The van der Waals surface area contributed by atoms with Crippen molar-refractivity contribution in [3.8, 4) is 11.6 Å². The molecule has 1 heterocycles. The van der Waals surface area contributed by atoms with Gasteiger partial charge in [0.1, 0.15) is 5.75 Å². The number of carbonyl (C=O) groups is 1. The van der Waals surface area contributed by atoms with Crippen molar-refractivity contribution >= 4 is 27.8 Å². The molecule has 0 atom stereocenters. The van der Waals surface area contributed by atoms with Crippen LogP contribution in [0.5, 0.6) is 11.6 Å². The van der Waals surface area contributed by atoms with Gasteiger partial charge in [0, 0.05) is 17.3 Å². The molecule has 0 radical (unpaired) electrons. The van der Waals surface area contributed by atoms with Crippen LogP contribution in [0.25, 0.3) is 0 Å². The molecule has 0 saturated heterocycles. The van der Waals surface area contributed by atoms with E-state index in [0.29, 0.717) is 21.6 Å².